The Kier molecular flexibility index (Phi) is 4.01. The third kappa shape index (κ3) is 2.78. The Bertz CT molecular complexity index is 446. The Labute approximate surface area is 105 Å². The van der Waals surface area contributed by atoms with Gasteiger partial charge < -0.3 is 15.2 Å². The summed E-state index contributed by atoms with van der Waals surface area (Å²) < 4.78 is 11.1. The van der Waals surface area contributed by atoms with Crippen molar-refractivity contribution in [1.29, 1.82) is 0 Å². The van der Waals surface area contributed by atoms with Crippen LogP contribution in [0.15, 0.2) is 35.0 Å². The van der Waals surface area contributed by atoms with Gasteiger partial charge in [-0.1, -0.05) is 12.1 Å². The maximum atomic E-state index is 5.80. The highest BCUT2D eigenvalue weighted by atomic mass is 32.1. The molecule has 90 valence electrons. The van der Waals surface area contributed by atoms with E-state index in [0.717, 1.165) is 22.6 Å². The summed E-state index contributed by atoms with van der Waals surface area (Å²) in [6.45, 7) is 0.979. The van der Waals surface area contributed by atoms with Gasteiger partial charge in [0.2, 0.25) is 0 Å². The topological polar surface area (TPSA) is 44.5 Å². The predicted molar refractivity (Wildman–Crippen MR) is 69.5 cm³/mol. The molecule has 0 saturated carbocycles. The molecule has 0 amide bonds. The number of para-hydroxylation sites is 1. The van der Waals surface area contributed by atoms with Gasteiger partial charge in [-0.2, -0.15) is 11.3 Å². The predicted octanol–water partition coefficient (Wildman–Crippen LogP) is 2.79. The highest BCUT2D eigenvalue weighted by molar-refractivity contribution is 7.07. The first kappa shape index (κ1) is 12.0. The average molecular weight is 249 g/mol. The van der Waals surface area contributed by atoms with E-state index >= 15 is 0 Å². The molecule has 3 nitrogen and oxygen atoms in total. The van der Waals surface area contributed by atoms with E-state index in [2.05, 4.69) is 5.38 Å². The summed E-state index contributed by atoms with van der Waals surface area (Å²) in [7, 11) is 1.63. The summed E-state index contributed by atoms with van der Waals surface area (Å²) >= 11 is 1.66. The molecule has 2 aromatic rings. The Balaban J connectivity index is 2.18. The Hall–Kier alpha value is -1.52. The number of ether oxygens (including phenoxy) is 2. The number of benzene rings is 1. The van der Waals surface area contributed by atoms with Gasteiger partial charge in [-0.05, 0) is 28.5 Å². The lowest BCUT2D eigenvalue weighted by Crippen LogP contribution is -2.04. The molecule has 17 heavy (non-hydrogen) atoms. The van der Waals surface area contributed by atoms with Crippen LogP contribution in [-0.2, 0) is 13.2 Å². The zero-order valence-electron chi connectivity index (χ0n) is 9.68. The second-order valence-electron chi connectivity index (χ2n) is 3.57. The van der Waals surface area contributed by atoms with Crippen molar-refractivity contribution in [2.45, 2.75) is 13.2 Å². The van der Waals surface area contributed by atoms with E-state index in [1.807, 2.05) is 29.6 Å². The number of nitrogens with two attached hydrogens (primary N) is 1. The summed E-state index contributed by atoms with van der Waals surface area (Å²) in [4.78, 5) is 0. The van der Waals surface area contributed by atoms with Gasteiger partial charge in [-0.3, -0.25) is 0 Å². The SMILES string of the molecule is COc1cccc(CN)c1OCc1ccsc1. The van der Waals surface area contributed by atoms with Crippen LogP contribution in [0.5, 0.6) is 11.5 Å². The van der Waals surface area contributed by atoms with E-state index in [4.69, 9.17) is 15.2 Å². The molecular formula is C13H15NO2S. The van der Waals surface area contributed by atoms with Crippen LogP contribution in [0, 0.1) is 0 Å². The Morgan fingerprint density at radius 3 is 2.82 bits per heavy atom. The standard InChI is InChI=1S/C13H15NO2S/c1-15-12-4-2-3-11(7-14)13(12)16-8-10-5-6-17-9-10/h2-6,9H,7-8,14H2,1H3. The summed E-state index contributed by atoms with van der Waals surface area (Å²) in [6.07, 6.45) is 0. The van der Waals surface area contributed by atoms with Gasteiger partial charge >= 0.3 is 0 Å². The third-order valence-electron chi connectivity index (χ3n) is 2.46. The lowest BCUT2D eigenvalue weighted by molar-refractivity contribution is 0.282. The summed E-state index contributed by atoms with van der Waals surface area (Å²) in [6, 6.07) is 7.79. The second kappa shape index (κ2) is 5.70. The fourth-order valence-corrected chi connectivity index (χ4v) is 2.23. The summed E-state index contributed by atoms with van der Waals surface area (Å²) in [5.41, 5.74) is 7.80. The zero-order chi connectivity index (χ0) is 12.1. The van der Waals surface area contributed by atoms with E-state index in [0.29, 0.717) is 13.2 Å². The molecule has 0 radical (unpaired) electrons. The minimum Gasteiger partial charge on any atom is -0.493 e. The van der Waals surface area contributed by atoms with Gasteiger partial charge in [0.15, 0.2) is 11.5 Å². The Morgan fingerprint density at radius 1 is 1.29 bits per heavy atom. The third-order valence-corrected chi connectivity index (χ3v) is 3.20. The van der Waals surface area contributed by atoms with Crippen molar-refractivity contribution in [2.24, 2.45) is 5.73 Å². The van der Waals surface area contributed by atoms with Gasteiger partial charge in [0.1, 0.15) is 6.61 Å². The van der Waals surface area contributed by atoms with Crippen molar-refractivity contribution in [2.75, 3.05) is 7.11 Å². The smallest absolute Gasteiger partial charge is 0.166 e. The monoisotopic (exact) mass is 249 g/mol. The van der Waals surface area contributed by atoms with Crippen molar-refractivity contribution >= 4 is 11.3 Å². The molecule has 1 aromatic heterocycles. The zero-order valence-corrected chi connectivity index (χ0v) is 10.5. The molecule has 1 heterocycles. The summed E-state index contributed by atoms with van der Waals surface area (Å²) in [5.74, 6) is 1.46. The van der Waals surface area contributed by atoms with Crippen molar-refractivity contribution in [3.63, 3.8) is 0 Å². The highest BCUT2D eigenvalue weighted by Crippen LogP contribution is 2.31. The molecule has 4 heteroatoms. The van der Waals surface area contributed by atoms with Crippen LogP contribution >= 0.6 is 11.3 Å². The molecule has 0 aliphatic carbocycles. The fraction of sp³-hybridized carbons (Fsp3) is 0.231. The van der Waals surface area contributed by atoms with Gasteiger partial charge in [-0.25, -0.2) is 0 Å². The normalized spacial score (nSPS) is 10.2. The fourth-order valence-electron chi connectivity index (χ4n) is 1.58. The molecule has 2 rings (SSSR count). The van der Waals surface area contributed by atoms with Crippen molar-refractivity contribution in [1.82, 2.24) is 0 Å². The maximum absolute atomic E-state index is 5.80. The molecule has 0 unspecified atom stereocenters. The highest BCUT2D eigenvalue weighted by Gasteiger charge is 2.09. The number of rotatable bonds is 5. The van der Waals surface area contributed by atoms with Gasteiger partial charge in [0.05, 0.1) is 7.11 Å². The van der Waals surface area contributed by atoms with Crippen LogP contribution in [0.2, 0.25) is 0 Å². The number of thiophene rings is 1. The lowest BCUT2D eigenvalue weighted by atomic mass is 10.2. The molecule has 0 bridgehead atoms. The largest absolute Gasteiger partial charge is 0.493 e. The first-order valence-corrected chi connectivity index (χ1v) is 6.29. The lowest BCUT2D eigenvalue weighted by Gasteiger charge is -2.13. The minimum atomic E-state index is 0.441. The van der Waals surface area contributed by atoms with E-state index in [1.54, 1.807) is 18.4 Å². The number of hydrogen-bond acceptors (Lipinski definition) is 4. The van der Waals surface area contributed by atoms with E-state index < -0.39 is 0 Å². The molecule has 0 saturated heterocycles. The Morgan fingerprint density at radius 2 is 2.18 bits per heavy atom. The van der Waals surface area contributed by atoms with Crippen LogP contribution in [0.1, 0.15) is 11.1 Å². The van der Waals surface area contributed by atoms with Gasteiger partial charge in [-0.15, -0.1) is 0 Å². The van der Waals surface area contributed by atoms with Crippen molar-refractivity contribution in [3.8, 4) is 11.5 Å². The van der Waals surface area contributed by atoms with Crippen LogP contribution in [0.25, 0.3) is 0 Å². The van der Waals surface area contributed by atoms with E-state index in [-0.39, 0.29) is 0 Å². The minimum absolute atomic E-state index is 0.441. The van der Waals surface area contributed by atoms with Crippen LogP contribution in [0.4, 0.5) is 0 Å². The van der Waals surface area contributed by atoms with Crippen LogP contribution in [-0.4, -0.2) is 7.11 Å². The molecule has 0 spiro atoms. The van der Waals surface area contributed by atoms with Crippen LogP contribution < -0.4 is 15.2 Å². The first-order valence-electron chi connectivity index (χ1n) is 5.35. The molecule has 0 atom stereocenters. The van der Waals surface area contributed by atoms with Crippen LogP contribution in [0.3, 0.4) is 0 Å². The molecule has 2 N–H and O–H groups in total. The first-order chi connectivity index (χ1) is 8.35. The number of methoxy groups -OCH3 is 1. The molecule has 1 aromatic carbocycles. The quantitative estimate of drug-likeness (QED) is 0.886. The van der Waals surface area contributed by atoms with Gasteiger partial charge in [0, 0.05) is 12.1 Å². The molecule has 0 aliphatic rings. The molecule has 0 aliphatic heterocycles. The maximum Gasteiger partial charge on any atom is 0.166 e. The van der Waals surface area contributed by atoms with E-state index in [1.165, 1.54) is 0 Å². The summed E-state index contributed by atoms with van der Waals surface area (Å²) in [5, 5.41) is 4.10. The number of hydrogen-bond donors (Lipinski definition) is 1. The van der Waals surface area contributed by atoms with E-state index in [9.17, 15) is 0 Å². The average Bonchev–Trinajstić information content (AvgIpc) is 2.88. The molecular weight excluding hydrogens is 234 g/mol. The second-order valence-corrected chi connectivity index (χ2v) is 4.35. The van der Waals surface area contributed by atoms with Gasteiger partial charge in [0.25, 0.3) is 0 Å². The molecule has 0 fully saturated rings. The van der Waals surface area contributed by atoms with Crippen molar-refractivity contribution < 1.29 is 9.47 Å². The van der Waals surface area contributed by atoms with Crippen molar-refractivity contribution in [3.05, 3.63) is 46.2 Å².